The molecule has 3 aromatic rings. The van der Waals surface area contributed by atoms with E-state index < -0.39 is 10.9 Å². The second-order valence-electron chi connectivity index (χ2n) is 7.08. The number of benzene rings is 3. The SMILES string of the molecule is Cc1ccc(C2=N/C(=C\c3ccc(OCc4ccc(F)cc4)cc3)C(=O)O2)cc1[N+](=O)[O-]. The van der Waals surface area contributed by atoms with E-state index in [1.54, 1.807) is 61.5 Å². The third kappa shape index (κ3) is 4.70. The minimum absolute atomic E-state index is 0.0172. The van der Waals surface area contributed by atoms with Crippen molar-refractivity contribution in [1.29, 1.82) is 0 Å². The lowest BCUT2D eigenvalue weighted by Gasteiger charge is -2.06. The molecule has 1 aliphatic rings. The first-order valence-corrected chi connectivity index (χ1v) is 9.64. The number of nitrogens with zero attached hydrogens (tertiary/aromatic N) is 2. The number of nitro benzene ring substituents is 1. The maximum absolute atomic E-state index is 13.0. The van der Waals surface area contributed by atoms with E-state index in [9.17, 15) is 19.3 Å². The summed E-state index contributed by atoms with van der Waals surface area (Å²) in [5.41, 5.74) is 2.40. The number of cyclic esters (lactones) is 1. The minimum atomic E-state index is -0.639. The minimum Gasteiger partial charge on any atom is -0.489 e. The Balaban J connectivity index is 1.48. The van der Waals surface area contributed by atoms with E-state index in [1.807, 2.05) is 0 Å². The molecule has 4 rings (SSSR count). The summed E-state index contributed by atoms with van der Waals surface area (Å²) in [6, 6.07) is 17.6. The van der Waals surface area contributed by atoms with E-state index in [0.717, 1.165) is 5.56 Å². The van der Waals surface area contributed by atoms with Crippen molar-refractivity contribution in [1.82, 2.24) is 0 Å². The van der Waals surface area contributed by atoms with Gasteiger partial charge in [-0.25, -0.2) is 14.2 Å². The van der Waals surface area contributed by atoms with Crippen molar-refractivity contribution in [3.05, 3.63) is 111 Å². The smallest absolute Gasteiger partial charge is 0.363 e. The van der Waals surface area contributed by atoms with Gasteiger partial charge in [-0.2, -0.15) is 0 Å². The molecule has 0 aliphatic carbocycles. The van der Waals surface area contributed by atoms with Gasteiger partial charge < -0.3 is 9.47 Å². The van der Waals surface area contributed by atoms with E-state index in [0.29, 0.717) is 29.0 Å². The van der Waals surface area contributed by atoms with Crippen molar-refractivity contribution in [3.8, 4) is 5.75 Å². The van der Waals surface area contributed by atoms with Gasteiger partial charge in [-0.15, -0.1) is 0 Å². The van der Waals surface area contributed by atoms with Gasteiger partial charge in [0.1, 0.15) is 18.2 Å². The van der Waals surface area contributed by atoms with Crippen LogP contribution in [-0.4, -0.2) is 16.8 Å². The van der Waals surface area contributed by atoms with Crippen LogP contribution in [0.2, 0.25) is 0 Å². The van der Waals surface area contributed by atoms with Gasteiger partial charge >= 0.3 is 5.97 Å². The molecule has 32 heavy (non-hydrogen) atoms. The number of halogens is 1. The molecule has 0 fully saturated rings. The van der Waals surface area contributed by atoms with Crippen LogP contribution in [-0.2, 0) is 16.1 Å². The average molecular weight is 432 g/mol. The van der Waals surface area contributed by atoms with Crippen LogP contribution in [0.15, 0.2) is 77.4 Å². The maximum Gasteiger partial charge on any atom is 0.363 e. The lowest BCUT2D eigenvalue weighted by Crippen LogP contribution is -2.06. The molecule has 0 aromatic heterocycles. The lowest BCUT2D eigenvalue weighted by molar-refractivity contribution is -0.385. The second kappa shape index (κ2) is 8.81. The van der Waals surface area contributed by atoms with Crippen LogP contribution in [0.4, 0.5) is 10.1 Å². The topological polar surface area (TPSA) is 91.0 Å². The highest BCUT2D eigenvalue weighted by atomic mass is 19.1. The number of ether oxygens (including phenoxy) is 2. The van der Waals surface area contributed by atoms with Gasteiger partial charge in [-0.1, -0.05) is 30.3 Å². The summed E-state index contributed by atoms with van der Waals surface area (Å²) in [5.74, 6) is -0.312. The van der Waals surface area contributed by atoms with Crippen LogP contribution < -0.4 is 4.74 Å². The van der Waals surface area contributed by atoms with Gasteiger partial charge in [0.15, 0.2) is 5.70 Å². The van der Waals surface area contributed by atoms with Gasteiger partial charge in [-0.05, 0) is 54.5 Å². The zero-order chi connectivity index (χ0) is 22.7. The van der Waals surface area contributed by atoms with Crippen molar-refractivity contribution < 1.29 is 23.6 Å². The summed E-state index contributed by atoms with van der Waals surface area (Å²) in [4.78, 5) is 27.1. The molecule has 0 N–H and O–H groups in total. The Labute approximate surface area is 182 Å². The molecule has 0 radical (unpaired) electrons. The van der Waals surface area contributed by atoms with Crippen molar-refractivity contribution in [3.63, 3.8) is 0 Å². The van der Waals surface area contributed by atoms with E-state index in [-0.39, 0.29) is 23.1 Å². The van der Waals surface area contributed by atoms with Crippen LogP contribution in [0.25, 0.3) is 6.08 Å². The Kier molecular flexibility index (Phi) is 5.76. The molecule has 0 atom stereocenters. The van der Waals surface area contributed by atoms with Crippen LogP contribution in [0.3, 0.4) is 0 Å². The predicted octanol–water partition coefficient (Wildman–Crippen LogP) is 4.97. The van der Waals surface area contributed by atoms with Gasteiger partial charge in [0, 0.05) is 17.2 Å². The van der Waals surface area contributed by atoms with Crippen molar-refractivity contribution in [2.75, 3.05) is 0 Å². The number of nitro groups is 1. The standard InChI is InChI=1S/C24H17FN2O5/c1-15-2-7-18(13-22(15)27(29)30)23-26-21(24(28)32-23)12-16-5-10-20(11-6-16)31-14-17-3-8-19(25)9-4-17/h2-13H,14H2,1H3/b21-12-. The molecular weight excluding hydrogens is 415 g/mol. The first-order chi connectivity index (χ1) is 15.4. The number of rotatable bonds is 6. The number of aliphatic imine (C=N–C) groups is 1. The van der Waals surface area contributed by atoms with Crippen LogP contribution in [0.1, 0.15) is 22.3 Å². The molecule has 0 bridgehead atoms. The molecule has 3 aromatic carbocycles. The molecule has 1 aliphatic heterocycles. The number of carbonyl (C=O) groups excluding carboxylic acids is 1. The number of hydrogen-bond acceptors (Lipinski definition) is 6. The fourth-order valence-electron chi connectivity index (χ4n) is 3.04. The van der Waals surface area contributed by atoms with Gasteiger partial charge in [0.2, 0.25) is 5.90 Å². The first kappa shape index (κ1) is 20.9. The fraction of sp³-hybridized carbons (Fsp3) is 0.0833. The van der Waals surface area contributed by atoms with Crippen molar-refractivity contribution >= 4 is 23.6 Å². The van der Waals surface area contributed by atoms with Gasteiger partial charge in [-0.3, -0.25) is 10.1 Å². The molecular formula is C24H17FN2O5. The highest BCUT2D eigenvalue weighted by Gasteiger charge is 2.25. The lowest BCUT2D eigenvalue weighted by atomic mass is 10.1. The molecule has 8 heteroatoms. The van der Waals surface area contributed by atoms with Crippen molar-refractivity contribution in [2.45, 2.75) is 13.5 Å². The summed E-state index contributed by atoms with van der Waals surface area (Å²) in [5, 5.41) is 11.1. The summed E-state index contributed by atoms with van der Waals surface area (Å²) in [6.45, 7) is 1.92. The molecule has 0 saturated carbocycles. The Morgan fingerprint density at radius 3 is 2.50 bits per heavy atom. The molecule has 0 amide bonds. The van der Waals surface area contributed by atoms with Gasteiger partial charge in [0.25, 0.3) is 5.69 Å². The molecule has 0 spiro atoms. The van der Waals surface area contributed by atoms with Crippen LogP contribution >= 0.6 is 0 Å². The third-order valence-corrected chi connectivity index (χ3v) is 4.78. The number of carbonyl (C=O) groups is 1. The number of aryl methyl sites for hydroxylation is 1. The fourth-order valence-corrected chi connectivity index (χ4v) is 3.04. The highest BCUT2D eigenvalue weighted by Crippen LogP contribution is 2.24. The third-order valence-electron chi connectivity index (χ3n) is 4.78. The Hall–Kier alpha value is -4.33. The average Bonchev–Trinajstić information content (AvgIpc) is 3.14. The van der Waals surface area contributed by atoms with Gasteiger partial charge in [0.05, 0.1) is 4.92 Å². The Bertz CT molecular complexity index is 1250. The normalized spacial score (nSPS) is 14.2. The second-order valence-corrected chi connectivity index (χ2v) is 7.08. The summed E-state index contributed by atoms with van der Waals surface area (Å²) in [7, 11) is 0. The van der Waals surface area contributed by atoms with Crippen LogP contribution in [0.5, 0.6) is 5.75 Å². The molecule has 160 valence electrons. The Morgan fingerprint density at radius 2 is 1.81 bits per heavy atom. The summed E-state index contributed by atoms with van der Waals surface area (Å²) in [6.07, 6.45) is 1.56. The summed E-state index contributed by atoms with van der Waals surface area (Å²) < 4.78 is 23.8. The maximum atomic E-state index is 13.0. The quantitative estimate of drug-likeness (QED) is 0.237. The number of esters is 1. The molecule has 1 heterocycles. The zero-order valence-electron chi connectivity index (χ0n) is 16.9. The Morgan fingerprint density at radius 1 is 1.09 bits per heavy atom. The van der Waals surface area contributed by atoms with Crippen molar-refractivity contribution in [2.24, 2.45) is 4.99 Å². The van der Waals surface area contributed by atoms with Crippen LogP contribution in [0, 0.1) is 22.9 Å². The monoisotopic (exact) mass is 432 g/mol. The van der Waals surface area contributed by atoms with E-state index >= 15 is 0 Å². The first-order valence-electron chi connectivity index (χ1n) is 9.64. The molecule has 0 unspecified atom stereocenters. The largest absolute Gasteiger partial charge is 0.489 e. The highest BCUT2D eigenvalue weighted by molar-refractivity contribution is 6.13. The molecule has 0 saturated heterocycles. The summed E-state index contributed by atoms with van der Waals surface area (Å²) >= 11 is 0. The molecule has 7 nitrogen and oxygen atoms in total. The zero-order valence-corrected chi connectivity index (χ0v) is 16.9. The number of hydrogen-bond donors (Lipinski definition) is 0. The van der Waals surface area contributed by atoms with E-state index in [2.05, 4.69) is 4.99 Å². The van der Waals surface area contributed by atoms with E-state index in [4.69, 9.17) is 9.47 Å². The predicted molar refractivity (Wildman–Crippen MR) is 116 cm³/mol. The van der Waals surface area contributed by atoms with E-state index in [1.165, 1.54) is 18.2 Å².